The molecule has 0 fully saturated rings. The average Bonchev–Trinajstić information content (AvgIpc) is 2.67. The molecule has 0 N–H and O–H groups in total. The maximum Gasteiger partial charge on any atom is 0.416 e. The molecular weight excluding hydrogens is 386 g/mol. The summed E-state index contributed by atoms with van der Waals surface area (Å²) in [6, 6.07) is 10.2. The summed E-state index contributed by atoms with van der Waals surface area (Å²) >= 11 is 0. The highest BCUT2D eigenvalue weighted by Gasteiger charge is 2.40. The van der Waals surface area contributed by atoms with E-state index >= 15 is 0 Å². The fourth-order valence-corrected chi connectivity index (χ4v) is 4.10. The minimum Gasteiger partial charge on any atom is -0.294 e. The second-order valence-corrected chi connectivity index (χ2v) is 7.22. The van der Waals surface area contributed by atoms with E-state index in [1.807, 2.05) is 0 Å². The van der Waals surface area contributed by atoms with E-state index in [1.165, 1.54) is 35.2 Å². The standard InChI is InChI=1S/C22H17F4NO2/c23-15-3-1-4-16(11-15)27-18-5-2-6-19(28)21(18)17(12-20(27)29)13-7-9-14(10-8-13)22(24,25)26/h1,3-4,7-11,17H,2,5-6,12H2. The molecule has 0 spiro atoms. The van der Waals surface area contributed by atoms with E-state index in [0.29, 0.717) is 41.8 Å². The first-order valence-corrected chi connectivity index (χ1v) is 9.27. The number of carbonyl (C=O) groups is 2. The van der Waals surface area contributed by atoms with Gasteiger partial charge in [-0.3, -0.25) is 14.5 Å². The van der Waals surface area contributed by atoms with Crippen LogP contribution in [-0.4, -0.2) is 11.7 Å². The van der Waals surface area contributed by atoms with E-state index in [0.717, 1.165) is 12.1 Å². The molecule has 1 unspecified atom stereocenters. The molecule has 1 aliphatic carbocycles. The molecule has 150 valence electrons. The SMILES string of the molecule is O=C1CCCC2=C1C(c1ccc(C(F)(F)F)cc1)CC(=O)N2c1cccc(F)c1. The van der Waals surface area contributed by atoms with Crippen LogP contribution in [0, 0.1) is 5.82 Å². The van der Waals surface area contributed by atoms with Crippen molar-refractivity contribution in [3.05, 3.63) is 76.7 Å². The van der Waals surface area contributed by atoms with E-state index < -0.39 is 23.5 Å². The van der Waals surface area contributed by atoms with Crippen molar-refractivity contribution in [1.29, 1.82) is 0 Å². The van der Waals surface area contributed by atoms with Crippen LogP contribution < -0.4 is 4.90 Å². The van der Waals surface area contributed by atoms with Gasteiger partial charge in [0, 0.05) is 30.0 Å². The largest absolute Gasteiger partial charge is 0.416 e. The Bertz CT molecular complexity index is 1010. The number of allylic oxidation sites excluding steroid dienone is 2. The first-order valence-electron chi connectivity index (χ1n) is 9.27. The van der Waals surface area contributed by atoms with E-state index in [4.69, 9.17) is 0 Å². The van der Waals surface area contributed by atoms with Crippen molar-refractivity contribution in [3.8, 4) is 0 Å². The molecule has 29 heavy (non-hydrogen) atoms. The number of hydrogen-bond acceptors (Lipinski definition) is 2. The lowest BCUT2D eigenvalue weighted by molar-refractivity contribution is -0.137. The summed E-state index contributed by atoms with van der Waals surface area (Å²) in [6.45, 7) is 0. The second kappa shape index (κ2) is 7.13. The van der Waals surface area contributed by atoms with Gasteiger partial charge in [-0.15, -0.1) is 0 Å². The van der Waals surface area contributed by atoms with E-state index in [2.05, 4.69) is 0 Å². The fourth-order valence-electron chi connectivity index (χ4n) is 4.10. The number of benzene rings is 2. The van der Waals surface area contributed by atoms with Gasteiger partial charge in [-0.1, -0.05) is 18.2 Å². The van der Waals surface area contributed by atoms with Crippen molar-refractivity contribution in [1.82, 2.24) is 0 Å². The smallest absolute Gasteiger partial charge is 0.294 e. The van der Waals surface area contributed by atoms with Gasteiger partial charge in [-0.25, -0.2) is 4.39 Å². The molecule has 4 rings (SSSR count). The molecule has 0 bridgehead atoms. The number of rotatable bonds is 2. The summed E-state index contributed by atoms with van der Waals surface area (Å²) in [5.74, 6) is -1.53. The van der Waals surface area contributed by atoms with Crippen LogP contribution >= 0.6 is 0 Å². The second-order valence-electron chi connectivity index (χ2n) is 7.22. The minimum absolute atomic E-state index is 0.0630. The lowest BCUT2D eigenvalue weighted by Crippen LogP contribution is -2.40. The lowest BCUT2D eigenvalue weighted by atomic mass is 9.77. The quantitative estimate of drug-likeness (QED) is 0.632. The molecule has 1 amide bonds. The number of amides is 1. The maximum absolute atomic E-state index is 13.7. The van der Waals surface area contributed by atoms with Gasteiger partial charge in [0.15, 0.2) is 5.78 Å². The summed E-state index contributed by atoms with van der Waals surface area (Å²) in [5.41, 5.74) is 1.03. The third-order valence-corrected chi connectivity index (χ3v) is 5.38. The number of Topliss-reactive ketones (excluding diaryl/α,β-unsaturated/α-hetero) is 1. The van der Waals surface area contributed by atoms with Crippen LogP contribution in [0.25, 0.3) is 0 Å². The molecule has 1 heterocycles. The number of halogens is 4. The van der Waals surface area contributed by atoms with Gasteiger partial charge in [0.25, 0.3) is 0 Å². The molecule has 3 nitrogen and oxygen atoms in total. The first kappa shape index (κ1) is 19.4. The third-order valence-electron chi connectivity index (χ3n) is 5.38. The molecule has 1 aliphatic heterocycles. The Balaban J connectivity index is 1.80. The lowest BCUT2D eigenvalue weighted by Gasteiger charge is -2.38. The van der Waals surface area contributed by atoms with Crippen LogP contribution in [-0.2, 0) is 15.8 Å². The van der Waals surface area contributed by atoms with Crippen molar-refractivity contribution < 1.29 is 27.2 Å². The van der Waals surface area contributed by atoms with Gasteiger partial charge >= 0.3 is 6.18 Å². The summed E-state index contributed by atoms with van der Waals surface area (Å²) < 4.78 is 52.3. The van der Waals surface area contributed by atoms with Crippen LogP contribution in [0.3, 0.4) is 0 Å². The fraction of sp³-hybridized carbons (Fsp3) is 0.273. The molecule has 2 aromatic carbocycles. The van der Waals surface area contributed by atoms with Crippen molar-refractivity contribution >= 4 is 17.4 Å². The normalized spacial score (nSPS) is 20.1. The molecule has 2 aromatic rings. The zero-order chi connectivity index (χ0) is 20.8. The van der Waals surface area contributed by atoms with Gasteiger partial charge in [0.05, 0.1) is 11.3 Å². The maximum atomic E-state index is 13.7. The van der Waals surface area contributed by atoms with Crippen molar-refractivity contribution in [2.45, 2.75) is 37.8 Å². The van der Waals surface area contributed by atoms with E-state index in [-0.39, 0.29) is 18.1 Å². The van der Waals surface area contributed by atoms with E-state index in [1.54, 1.807) is 6.07 Å². The van der Waals surface area contributed by atoms with Crippen LogP contribution in [0.1, 0.15) is 42.7 Å². The predicted molar refractivity (Wildman–Crippen MR) is 98.6 cm³/mol. The molecule has 0 aromatic heterocycles. The van der Waals surface area contributed by atoms with Gasteiger partial charge in [-0.2, -0.15) is 13.2 Å². The molecule has 0 radical (unpaired) electrons. The van der Waals surface area contributed by atoms with Crippen LogP contribution in [0.4, 0.5) is 23.2 Å². The zero-order valence-electron chi connectivity index (χ0n) is 15.3. The number of anilines is 1. The van der Waals surface area contributed by atoms with Gasteiger partial charge in [-0.05, 0) is 48.7 Å². The summed E-state index contributed by atoms with van der Waals surface area (Å²) in [5, 5.41) is 0. The number of carbonyl (C=O) groups excluding carboxylic acids is 2. The van der Waals surface area contributed by atoms with Crippen molar-refractivity contribution in [3.63, 3.8) is 0 Å². The Labute approximate surface area is 164 Å². The van der Waals surface area contributed by atoms with Gasteiger partial charge < -0.3 is 0 Å². The Morgan fingerprint density at radius 2 is 1.69 bits per heavy atom. The Kier molecular flexibility index (Phi) is 4.76. The first-order chi connectivity index (χ1) is 13.8. The van der Waals surface area contributed by atoms with Crippen LogP contribution in [0.15, 0.2) is 59.8 Å². The number of ketones is 1. The highest BCUT2D eigenvalue weighted by Crippen LogP contribution is 2.43. The topological polar surface area (TPSA) is 37.4 Å². The van der Waals surface area contributed by atoms with Crippen LogP contribution in [0.2, 0.25) is 0 Å². The average molecular weight is 403 g/mol. The molecule has 7 heteroatoms. The highest BCUT2D eigenvalue weighted by atomic mass is 19.4. The van der Waals surface area contributed by atoms with Crippen LogP contribution in [0.5, 0.6) is 0 Å². The predicted octanol–water partition coefficient (Wildman–Crippen LogP) is 5.37. The number of nitrogens with zero attached hydrogens (tertiary/aromatic N) is 1. The number of alkyl halides is 3. The summed E-state index contributed by atoms with van der Waals surface area (Å²) in [7, 11) is 0. The summed E-state index contributed by atoms with van der Waals surface area (Å²) in [4.78, 5) is 27.1. The monoisotopic (exact) mass is 403 g/mol. The minimum atomic E-state index is -4.46. The van der Waals surface area contributed by atoms with E-state index in [9.17, 15) is 27.2 Å². The Morgan fingerprint density at radius 3 is 2.34 bits per heavy atom. The van der Waals surface area contributed by atoms with Gasteiger partial charge in [0.1, 0.15) is 5.82 Å². The molecular formula is C22H17F4NO2. The molecule has 0 saturated heterocycles. The molecule has 2 aliphatic rings. The zero-order valence-corrected chi connectivity index (χ0v) is 15.3. The van der Waals surface area contributed by atoms with Crippen molar-refractivity contribution in [2.24, 2.45) is 0 Å². The Morgan fingerprint density at radius 1 is 0.966 bits per heavy atom. The van der Waals surface area contributed by atoms with Crippen molar-refractivity contribution in [2.75, 3.05) is 4.90 Å². The Hall–Kier alpha value is -2.96. The molecule has 1 atom stereocenters. The highest BCUT2D eigenvalue weighted by molar-refractivity contribution is 6.07. The molecule has 0 saturated carbocycles. The number of hydrogen-bond donors (Lipinski definition) is 0. The van der Waals surface area contributed by atoms with Gasteiger partial charge in [0.2, 0.25) is 5.91 Å². The summed E-state index contributed by atoms with van der Waals surface area (Å²) in [6.07, 6.45) is -3.16. The third kappa shape index (κ3) is 3.57.